The van der Waals surface area contributed by atoms with Gasteiger partial charge in [0.1, 0.15) is 0 Å². The van der Waals surface area contributed by atoms with Crippen molar-refractivity contribution in [2.75, 3.05) is 0 Å². The quantitative estimate of drug-likeness (QED) is 0.629. The van der Waals surface area contributed by atoms with Crippen LogP contribution >= 0.6 is 0 Å². The molecule has 0 saturated carbocycles. The normalized spacial score (nSPS) is 10.9. The zero-order valence-electron chi connectivity index (χ0n) is 8.60. The molecule has 0 aromatic carbocycles. The number of allylic oxidation sites excluding steroid dienone is 3. The van der Waals surface area contributed by atoms with E-state index in [0.717, 1.165) is 17.0 Å². The Labute approximate surface area is 74.9 Å². The van der Waals surface area contributed by atoms with Gasteiger partial charge in [-0.2, -0.15) is 0 Å². The Balaban J connectivity index is 4.62. The lowest BCUT2D eigenvalue weighted by molar-refractivity contribution is 1.25. The van der Waals surface area contributed by atoms with E-state index in [1.165, 1.54) is 5.57 Å². The van der Waals surface area contributed by atoms with Crippen molar-refractivity contribution in [1.82, 2.24) is 0 Å². The lowest BCUT2D eigenvalue weighted by Gasteiger charge is -2.01. The molecule has 0 bridgehead atoms. The SMILES string of the molecule is CC(C)=C/N=C(\C)C(N)=C(C)C. The molecule has 0 aromatic rings. The van der Waals surface area contributed by atoms with Crippen LogP contribution in [0.15, 0.2) is 28.0 Å². The zero-order chi connectivity index (χ0) is 9.72. The van der Waals surface area contributed by atoms with Crippen molar-refractivity contribution in [3.05, 3.63) is 23.0 Å². The van der Waals surface area contributed by atoms with Gasteiger partial charge in [0.2, 0.25) is 0 Å². The molecule has 0 spiro atoms. The van der Waals surface area contributed by atoms with Gasteiger partial charge in [0.05, 0.1) is 11.4 Å². The minimum atomic E-state index is 0.785. The first-order valence-corrected chi connectivity index (χ1v) is 4.06. The highest BCUT2D eigenvalue weighted by Gasteiger charge is 1.95. The van der Waals surface area contributed by atoms with Crippen molar-refractivity contribution in [1.29, 1.82) is 0 Å². The maximum atomic E-state index is 5.77. The van der Waals surface area contributed by atoms with Crippen molar-refractivity contribution in [2.24, 2.45) is 10.7 Å². The van der Waals surface area contributed by atoms with Gasteiger partial charge in [-0.3, -0.25) is 4.99 Å². The molecule has 0 rings (SSSR count). The highest BCUT2D eigenvalue weighted by atomic mass is 14.7. The van der Waals surface area contributed by atoms with Crippen LogP contribution in [0.5, 0.6) is 0 Å². The van der Waals surface area contributed by atoms with Crippen molar-refractivity contribution < 1.29 is 0 Å². The third-order valence-electron chi connectivity index (χ3n) is 1.44. The molecule has 2 nitrogen and oxygen atoms in total. The van der Waals surface area contributed by atoms with E-state index in [-0.39, 0.29) is 0 Å². The molecule has 0 aliphatic heterocycles. The van der Waals surface area contributed by atoms with Crippen LogP contribution in [0.3, 0.4) is 0 Å². The molecule has 0 unspecified atom stereocenters. The Morgan fingerprint density at radius 1 is 1.08 bits per heavy atom. The minimum Gasteiger partial charge on any atom is -0.397 e. The van der Waals surface area contributed by atoms with E-state index in [4.69, 9.17) is 5.73 Å². The maximum Gasteiger partial charge on any atom is 0.0600 e. The standard InChI is InChI=1S/C10H18N2/c1-7(2)6-12-9(5)10(11)8(3)4/h6H,11H2,1-5H3/b12-9+. The fraction of sp³-hybridized carbons (Fsp3) is 0.500. The van der Waals surface area contributed by atoms with Crippen LogP contribution in [-0.2, 0) is 0 Å². The first kappa shape index (κ1) is 11.0. The van der Waals surface area contributed by atoms with E-state index in [2.05, 4.69) is 4.99 Å². The Morgan fingerprint density at radius 3 is 1.92 bits per heavy atom. The highest BCUT2D eigenvalue weighted by Crippen LogP contribution is 2.00. The van der Waals surface area contributed by atoms with Crippen molar-refractivity contribution in [3.8, 4) is 0 Å². The molecule has 68 valence electrons. The molecular weight excluding hydrogens is 148 g/mol. The van der Waals surface area contributed by atoms with Gasteiger partial charge in [-0.15, -0.1) is 0 Å². The molecule has 0 aliphatic rings. The predicted octanol–water partition coefficient (Wildman–Crippen LogP) is 2.62. The first-order chi connectivity index (χ1) is 5.45. The van der Waals surface area contributed by atoms with E-state index in [1.54, 1.807) is 0 Å². The largest absolute Gasteiger partial charge is 0.397 e. The molecular formula is C10H18N2. The third kappa shape index (κ3) is 3.96. The number of hydrogen-bond donors (Lipinski definition) is 1. The van der Waals surface area contributed by atoms with Gasteiger partial charge in [-0.05, 0) is 34.6 Å². The summed E-state index contributed by atoms with van der Waals surface area (Å²) in [7, 11) is 0. The van der Waals surface area contributed by atoms with Crippen LogP contribution < -0.4 is 5.73 Å². The minimum absolute atomic E-state index is 0.785. The summed E-state index contributed by atoms with van der Waals surface area (Å²) in [5.41, 5.74) is 9.72. The van der Waals surface area contributed by atoms with E-state index < -0.39 is 0 Å². The topological polar surface area (TPSA) is 38.4 Å². The van der Waals surface area contributed by atoms with Gasteiger partial charge in [-0.1, -0.05) is 11.1 Å². The van der Waals surface area contributed by atoms with Gasteiger partial charge < -0.3 is 5.73 Å². The van der Waals surface area contributed by atoms with Gasteiger partial charge in [0.25, 0.3) is 0 Å². The molecule has 0 aliphatic carbocycles. The van der Waals surface area contributed by atoms with Crippen molar-refractivity contribution >= 4 is 5.71 Å². The average molecular weight is 166 g/mol. The maximum absolute atomic E-state index is 5.77. The Kier molecular flexibility index (Phi) is 4.34. The fourth-order valence-electron chi connectivity index (χ4n) is 0.657. The van der Waals surface area contributed by atoms with Crippen molar-refractivity contribution in [2.45, 2.75) is 34.6 Å². The fourth-order valence-corrected chi connectivity index (χ4v) is 0.657. The van der Waals surface area contributed by atoms with E-state index in [0.29, 0.717) is 0 Å². The first-order valence-electron chi connectivity index (χ1n) is 4.06. The summed E-state index contributed by atoms with van der Waals surface area (Å²) in [5.74, 6) is 0. The van der Waals surface area contributed by atoms with Crippen LogP contribution in [0.2, 0.25) is 0 Å². The monoisotopic (exact) mass is 166 g/mol. The summed E-state index contributed by atoms with van der Waals surface area (Å²) in [6.07, 6.45) is 1.82. The molecule has 0 aromatic heterocycles. The second kappa shape index (κ2) is 4.75. The van der Waals surface area contributed by atoms with Gasteiger partial charge in [0, 0.05) is 6.20 Å². The Bertz CT molecular complexity index is 237. The third-order valence-corrected chi connectivity index (χ3v) is 1.44. The molecule has 2 heteroatoms. The smallest absolute Gasteiger partial charge is 0.0600 e. The molecule has 2 N–H and O–H groups in total. The summed E-state index contributed by atoms with van der Waals surface area (Å²) in [6, 6.07) is 0. The van der Waals surface area contributed by atoms with Crippen LogP contribution in [-0.4, -0.2) is 5.71 Å². The molecule has 0 atom stereocenters. The van der Waals surface area contributed by atoms with Crippen LogP contribution in [0.25, 0.3) is 0 Å². The molecule has 0 saturated heterocycles. The Morgan fingerprint density at radius 2 is 1.58 bits per heavy atom. The molecule has 0 amide bonds. The number of nitrogens with two attached hydrogens (primary N) is 1. The average Bonchev–Trinajstić information content (AvgIpc) is 1.98. The van der Waals surface area contributed by atoms with Gasteiger partial charge in [-0.25, -0.2) is 0 Å². The zero-order valence-corrected chi connectivity index (χ0v) is 8.60. The number of rotatable bonds is 2. The Hall–Kier alpha value is -1.05. The predicted molar refractivity (Wildman–Crippen MR) is 55.1 cm³/mol. The molecule has 0 radical (unpaired) electrons. The molecule has 0 heterocycles. The van der Waals surface area contributed by atoms with E-state index in [1.807, 2.05) is 40.8 Å². The summed E-state index contributed by atoms with van der Waals surface area (Å²) in [4.78, 5) is 4.22. The van der Waals surface area contributed by atoms with Crippen LogP contribution in [0, 0.1) is 0 Å². The summed E-state index contributed by atoms with van der Waals surface area (Å²) in [6.45, 7) is 9.90. The van der Waals surface area contributed by atoms with Gasteiger partial charge in [0.15, 0.2) is 0 Å². The molecule has 0 fully saturated rings. The van der Waals surface area contributed by atoms with E-state index >= 15 is 0 Å². The van der Waals surface area contributed by atoms with E-state index in [9.17, 15) is 0 Å². The number of hydrogen-bond acceptors (Lipinski definition) is 2. The lowest BCUT2D eigenvalue weighted by atomic mass is 10.2. The summed E-state index contributed by atoms with van der Waals surface area (Å²) in [5, 5.41) is 0. The number of aliphatic imine (C=N–C) groups is 1. The lowest BCUT2D eigenvalue weighted by Crippen LogP contribution is -2.09. The molecule has 12 heavy (non-hydrogen) atoms. The highest BCUT2D eigenvalue weighted by molar-refractivity contribution is 5.98. The second-order valence-corrected chi connectivity index (χ2v) is 3.33. The van der Waals surface area contributed by atoms with Crippen molar-refractivity contribution in [3.63, 3.8) is 0 Å². The summed E-state index contributed by atoms with van der Waals surface area (Å²) < 4.78 is 0. The van der Waals surface area contributed by atoms with Crippen LogP contribution in [0.1, 0.15) is 34.6 Å². The number of nitrogens with zero attached hydrogens (tertiary/aromatic N) is 1. The summed E-state index contributed by atoms with van der Waals surface area (Å²) >= 11 is 0. The van der Waals surface area contributed by atoms with Gasteiger partial charge >= 0.3 is 0 Å². The van der Waals surface area contributed by atoms with Crippen LogP contribution in [0.4, 0.5) is 0 Å². The second-order valence-electron chi connectivity index (χ2n) is 3.33.